The van der Waals surface area contributed by atoms with Crippen LogP contribution in [-0.4, -0.2) is 11.6 Å². The molecule has 1 atom stereocenters. The number of anilines is 1. The molecule has 2 heterocycles. The Hall–Kier alpha value is -1.96. The van der Waals surface area contributed by atoms with Crippen LogP contribution in [0.2, 0.25) is 0 Å². The van der Waals surface area contributed by atoms with Crippen molar-refractivity contribution in [2.24, 2.45) is 5.41 Å². The summed E-state index contributed by atoms with van der Waals surface area (Å²) in [6, 6.07) is 15.6. The predicted molar refractivity (Wildman–Crippen MR) is 110 cm³/mol. The van der Waals surface area contributed by atoms with Crippen molar-refractivity contribution in [2.75, 3.05) is 4.90 Å². The minimum atomic E-state index is 0.157. The number of hydrogen-bond donors (Lipinski definition) is 0. The molecule has 1 aliphatic carbocycles. The first-order valence-electron chi connectivity index (χ1n) is 10.2. The van der Waals surface area contributed by atoms with Gasteiger partial charge in [0.2, 0.25) is 0 Å². The molecule has 3 aromatic rings. The summed E-state index contributed by atoms with van der Waals surface area (Å²) in [6.45, 7) is 7.31. The molecule has 5 rings (SSSR count). The van der Waals surface area contributed by atoms with E-state index in [1.165, 1.54) is 55.0 Å². The molecule has 2 aromatic carbocycles. The van der Waals surface area contributed by atoms with Crippen molar-refractivity contribution in [1.82, 2.24) is 0 Å². The third-order valence-electron chi connectivity index (χ3n) is 7.20. The summed E-state index contributed by atoms with van der Waals surface area (Å²) in [5.41, 5.74) is 3.95. The predicted octanol–water partition coefficient (Wildman–Crippen LogP) is 6.91. The maximum Gasteiger partial charge on any atom is 0.158 e. The summed E-state index contributed by atoms with van der Waals surface area (Å²) in [4.78, 5) is 2.68. The maximum atomic E-state index is 6.37. The number of nitrogens with zero attached hydrogens (tertiary/aromatic N) is 1. The van der Waals surface area contributed by atoms with Gasteiger partial charge in [-0.15, -0.1) is 0 Å². The smallest absolute Gasteiger partial charge is 0.158 e. The van der Waals surface area contributed by atoms with Gasteiger partial charge in [-0.3, -0.25) is 0 Å². The highest BCUT2D eigenvalue weighted by Gasteiger charge is 2.54. The van der Waals surface area contributed by atoms with Crippen LogP contribution in [0.4, 0.5) is 5.69 Å². The van der Waals surface area contributed by atoms with Crippen molar-refractivity contribution in [3.63, 3.8) is 0 Å². The lowest BCUT2D eigenvalue weighted by atomic mass is 9.68. The average Bonchev–Trinajstić information content (AvgIpc) is 3.09. The van der Waals surface area contributed by atoms with E-state index < -0.39 is 0 Å². The van der Waals surface area contributed by atoms with Crippen LogP contribution in [0.3, 0.4) is 0 Å². The van der Waals surface area contributed by atoms with Crippen LogP contribution in [0, 0.1) is 5.41 Å². The second-order valence-corrected chi connectivity index (χ2v) is 9.21. The Balaban J connectivity index is 1.69. The molecule has 2 fully saturated rings. The fraction of sp³-hybridized carbons (Fsp3) is 0.500. The summed E-state index contributed by atoms with van der Waals surface area (Å²) >= 11 is 0. The van der Waals surface area contributed by atoms with Crippen LogP contribution in [0.1, 0.15) is 59.3 Å². The molecule has 136 valence electrons. The summed E-state index contributed by atoms with van der Waals surface area (Å²) in [5, 5.41) is 2.46. The number of hydrogen-bond acceptors (Lipinski definition) is 2. The van der Waals surface area contributed by atoms with Gasteiger partial charge in [0.05, 0.1) is 5.69 Å². The number of rotatable bonds is 1. The van der Waals surface area contributed by atoms with Gasteiger partial charge in [0, 0.05) is 22.4 Å². The third-order valence-corrected chi connectivity index (χ3v) is 7.20. The Morgan fingerprint density at radius 2 is 1.65 bits per heavy atom. The van der Waals surface area contributed by atoms with Gasteiger partial charge < -0.3 is 9.32 Å². The highest BCUT2D eigenvalue weighted by molar-refractivity contribution is 6.09. The van der Waals surface area contributed by atoms with Crippen molar-refractivity contribution >= 4 is 27.6 Å². The van der Waals surface area contributed by atoms with E-state index in [1.807, 2.05) is 0 Å². The average molecular weight is 348 g/mol. The summed E-state index contributed by atoms with van der Waals surface area (Å²) in [6.07, 6.45) is 8.24. The molecular weight excluding hydrogens is 318 g/mol. The van der Waals surface area contributed by atoms with Gasteiger partial charge in [0.1, 0.15) is 5.58 Å². The monoisotopic (exact) mass is 347 g/mol. The zero-order valence-electron chi connectivity index (χ0n) is 16.2. The van der Waals surface area contributed by atoms with Crippen LogP contribution < -0.4 is 4.90 Å². The highest BCUT2D eigenvalue weighted by Crippen LogP contribution is 2.56. The summed E-state index contributed by atoms with van der Waals surface area (Å²) in [5.74, 6) is 0. The maximum absolute atomic E-state index is 6.37. The normalized spacial score (nSPS) is 24.7. The van der Waals surface area contributed by atoms with Crippen molar-refractivity contribution in [3.8, 4) is 0 Å². The van der Waals surface area contributed by atoms with Crippen molar-refractivity contribution in [1.29, 1.82) is 0 Å². The molecule has 0 amide bonds. The lowest BCUT2D eigenvalue weighted by Gasteiger charge is -2.40. The van der Waals surface area contributed by atoms with E-state index in [0.717, 1.165) is 11.2 Å². The Morgan fingerprint density at radius 3 is 2.46 bits per heavy atom. The highest BCUT2D eigenvalue weighted by atomic mass is 16.3. The Labute approximate surface area is 156 Å². The van der Waals surface area contributed by atoms with Crippen LogP contribution in [0.5, 0.6) is 0 Å². The fourth-order valence-electron chi connectivity index (χ4n) is 6.20. The van der Waals surface area contributed by atoms with Crippen LogP contribution in [0.15, 0.2) is 46.9 Å². The third kappa shape index (κ3) is 2.17. The van der Waals surface area contributed by atoms with Gasteiger partial charge in [0.15, 0.2) is 5.58 Å². The van der Waals surface area contributed by atoms with Crippen molar-refractivity contribution < 1.29 is 4.42 Å². The molecule has 0 bridgehead atoms. The van der Waals surface area contributed by atoms with E-state index in [2.05, 4.69) is 68.1 Å². The number of furan rings is 1. The SMILES string of the molecule is C[C@@H]1N(c2cccc3c2oc2ccccc23)C(C)(C)CC12CCCCC2. The molecule has 1 spiro atoms. The van der Waals surface area contributed by atoms with Crippen LogP contribution >= 0.6 is 0 Å². The summed E-state index contributed by atoms with van der Waals surface area (Å²) in [7, 11) is 0. The van der Waals surface area contributed by atoms with Gasteiger partial charge in [0.25, 0.3) is 0 Å². The van der Waals surface area contributed by atoms with Crippen molar-refractivity contribution in [2.45, 2.75) is 70.9 Å². The molecule has 1 saturated heterocycles. The molecule has 0 radical (unpaired) electrons. The molecule has 1 saturated carbocycles. The van der Waals surface area contributed by atoms with Gasteiger partial charge in [-0.1, -0.05) is 49.6 Å². The molecule has 2 nitrogen and oxygen atoms in total. The summed E-state index contributed by atoms with van der Waals surface area (Å²) < 4.78 is 6.37. The van der Waals surface area contributed by atoms with Gasteiger partial charge in [-0.05, 0) is 57.6 Å². The molecule has 0 N–H and O–H groups in total. The fourth-order valence-corrected chi connectivity index (χ4v) is 6.20. The van der Waals surface area contributed by atoms with E-state index in [4.69, 9.17) is 4.42 Å². The standard InChI is InChI=1S/C24H29NO/c1-17-24(14-7-4-8-15-24)16-23(2,3)25(17)20-12-9-11-19-18-10-5-6-13-21(18)26-22(19)20/h5-6,9-13,17H,4,7-8,14-16H2,1-3H3/t17-/m0/s1. The Bertz CT molecular complexity index is 961. The van der Waals surface area contributed by atoms with E-state index in [-0.39, 0.29) is 5.54 Å². The lowest BCUT2D eigenvalue weighted by Crippen LogP contribution is -2.44. The molecule has 26 heavy (non-hydrogen) atoms. The molecule has 2 heteroatoms. The van der Waals surface area contributed by atoms with E-state index in [9.17, 15) is 0 Å². The number of benzene rings is 2. The quantitative estimate of drug-likeness (QED) is 0.475. The number of fused-ring (bicyclic) bond motifs is 3. The molecule has 1 aliphatic heterocycles. The van der Waals surface area contributed by atoms with Crippen molar-refractivity contribution in [3.05, 3.63) is 42.5 Å². The van der Waals surface area contributed by atoms with E-state index >= 15 is 0 Å². The first-order chi connectivity index (χ1) is 12.5. The van der Waals surface area contributed by atoms with Gasteiger partial charge in [-0.25, -0.2) is 0 Å². The Kier molecular flexibility index (Phi) is 3.44. The van der Waals surface area contributed by atoms with Crippen LogP contribution in [0.25, 0.3) is 21.9 Å². The molecular formula is C24H29NO. The van der Waals surface area contributed by atoms with Gasteiger partial charge in [-0.2, -0.15) is 0 Å². The molecule has 1 aromatic heterocycles. The minimum absolute atomic E-state index is 0.157. The topological polar surface area (TPSA) is 16.4 Å². The zero-order valence-corrected chi connectivity index (χ0v) is 16.2. The minimum Gasteiger partial charge on any atom is -0.454 e. The van der Waals surface area contributed by atoms with E-state index in [1.54, 1.807) is 0 Å². The lowest BCUT2D eigenvalue weighted by molar-refractivity contribution is 0.170. The van der Waals surface area contributed by atoms with Gasteiger partial charge >= 0.3 is 0 Å². The number of para-hydroxylation sites is 2. The Morgan fingerprint density at radius 1 is 0.923 bits per heavy atom. The molecule has 2 aliphatic rings. The molecule has 0 unspecified atom stereocenters. The zero-order chi connectivity index (χ0) is 17.9. The van der Waals surface area contributed by atoms with Crippen LogP contribution in [-0.2, 0) is 0 Å². The first kappa shape index (κ1) is 16.2. The second kappa shape index (κ2) is 5.52. The first-order valence-corrected chi connectivity index (χ1v) is 10.2. The second-order valence-electron chi connectivity index (χ2n) is 9.21. The van der Waals surface area contributed by atoms with E-state index in [0.29, 0.717) is 11.5 Å². The largest absolute Gasteiger partial charge is 0.454 e.